The van der Waals surface area contributed by atoms with Crippen molar-refractivity contribution in [2.75, 3.05) is 18.5 Å². The van der Waals surface area contributed by atoms with Crippen LogP contribution in [0.1, 0.15) is 13.8 Å². The van der Waals surface area contributed by atoms with E-state index in [0.29, 0.717) is 12.2 Å². The largest absolute Gasteiger partial charge is 0.399 e. The molecule has 0 amide bonds. The van der Waals surface area contributed by atoms with Gasteiger partial charge in [0.25, 0.3) is 0 Å². The summed E-state index contributed by atoms with van der Waals surface area (Å²) in [6.45, 7) is 4.26. The molecule has 0 unspecified atom stereocenters. The third-order valence-corrected chi connectivity index (χ3v) is 5.62. The molecule has 1 rings (SSSR count). The maximum atomic E-state index is 12.1. The van der Waals surface area contributed by atoms with E-state index in [1.807, 2.05) is 20.1 Å². The Balaban J connectivity index is 2.94. The maximum Gasteiger partial charge on any atom is 0.242 e. The lowest BCUT2D eigenvalue weighted by molar-refractivity contribution is 0.571. The smallest absolute Gasteiger partial charge is 0.242 e. The number of anilines is 1. The van der Waals surface area contributed by atoms with Crippen molar-refractivity contribution in [1.82, 2.24) is 4.72 Å². The number of hydrogen-bond donors (Lipinski definition) is 2. The van der Waals surface area contributed by atoms with Crippen molar-refractivity contribution in [3.63, 3.8) is 0 Å². The first-order valence-electron chi connectivity index (χ1n) is 5.28. The minimum absolute atomic E-state index is 0.0512. The molecule has 18 heavy (non-hydrogen) atoms. The second kappa shape index (κ2) is 5.69. The molecule has 102 valence electrons. The molecule has 0 radical (unpaired) electrons. The Bertz CT molecular complexity index is 530. The van der Waals surface area contributed by atoms with Crippen LogP contribution in [0.4, 0.5) is 5.69 Å². The first-order valence-corrected chi connectivity index (χ1v) is 8.36. The standard InChI is InChI=1S/C11H17ClN2O2S2/c1-11(2,17-3)7-14-18(15,16)10-5-4-8(13)6-9(10)12/h4-6,14H,7,13H2,1-3H3. The highest BCUT2D eigenvalue weighted by Crippen LogP contribution is 2.25. The third-order valence-electron chi connectivity index (χ3n) is 2.49. The van der Waals surface area contributed by atoms with Crippen LogP contribution < -0.4 is 10.5 Å². The Morgan fingerprint density at radius 2 is 2.06 bits per heavy atom. The summed E-state index contributed by atoms with van der Waals surface area (Å²) < 4.78 is 26.5. The van der Waals surface area contributed by atoms with E-state index in [9.17, 15) is 8.42 Å². The minimum Gasteiger partial charge on any atom is -0.399 e. The molecular weight excluding hydrogens is 292 g/mol. The molecule has 7 heteroatoms. The highest BCUT2D eigenvalue weighted by molar-refractivity contribution is 8.00. The van der Waals surface area contributed by atoms with E-state index in [1.54, 1.807) is 11.8 Å². The van der Waals surface area contributed by atoms with Gasteiger partial charge in [0.05, 0.1) is 5.02 Å². The molecule has 0 bridgehead atoms. The molecule has 1 aromatic carbocycles. The first kappa shape index (κ1) is 15.6. The molecule has 0 spiro atoms. The van der Waals surface area contributed by atoms with Crippen molar-refractivity contribution in [3.05, 3.63) is 23.2 Å². The van der Waals surface area contributed by atoms with Crippen LogP contribution in [0.25, 0.3) is 0 Å². The van der Waals surface area contributed by atoms with Crippen molar-refractivity contribution >= 4 is 39.1 Å². The van der Waals surface area contributed by atoms with E-state index >= 15 is 0 Å². The molecule has 3 N–H and O–H groups in total. The molecule has 0 aliphatic carbocycles. The van der Waals surface area contributed by atoms with E-state index in [2.05, 4.69) is 4.72 Å². The van der Waals surface area contributed by atoms with Gasteiger partial charge in [-0.05, 0) is 38.3 Å². The van der Waals surface area contributed by atoms with Crippen molar-refractivity contribution in [2.45, 2.75) is 23.5 Å². The monoisotopic (exact) mass is 308 g/mol. The first-order chi connectivity index (χ1) is 8.18. The summed E-state index contributed by atoms with van der Waals surface area (Å²) in [6, 6.07) is 4.35. The summed E-state index contributed by atoms with van der Waals surface area (Å²) >= 11 is 7.48. The zero-order valence-corrected chi connectivity index (χ0v) is 12.9. The predicted molar refractivity (Wildman–Crippen MR) is 78.6 cm³/mol. The fourth-order valence-electron chi connectivity index (χ4n) is 1.15. The lowest BCUT2D eigenvalue weighted by Crippen LogP contribution is -2.36. The molecule has 0 aliphatic rings. The van der Waals surface area contributed by atoms with Crippen LogP contribution in [0.2, 0.25) is 5.02 Å². The zero-order chi connectivity index (χ0) is 14.0. The molecule has 4 nitrogen and oxygen atoms in total. The molecule has 0 aromatic heterocycles. The minimum atomic E-state index is -3.60. The van der Waals surface area contributed by atoms with E-state index in [4.69, 9.17) is 17.3 Å². The average molecular weight is 309 g/mol. The van der Waals surface area contributed by atoms with E-state index in [1.165, 1.54) is 18.2 Å². The molecule has 1 aromatic rings. The summed E-state index contributed by atoms with van der Waals surface area (Å²) in [6.07, 6.45) is 1.94. The zero-order valence-electron chi connectivity index (χ0n) is 10.5. The van der Waals surface area contributed by atoms with Gasteiger partial charge in [0.1, 0.15) is 4.90 Å². The normalized spacial score (nSPS) is 12.7. The fourth-order valence-corrected chi connectivity index (χ4v) is 3.22. The lowest BCUT2D eigenvalue weighted by atomic mass is 10.2. The van der Waals surface area contributed by atoms with E-state index in [-0.39, 0.29) is 14.7 Å². The summed E-state index contributed by atoms with van der Waals surface area (Å²) in [5.41, 5.74) is 5.97. The third kappa shape index (κ3) is 4.05. The van der Waals surface area contributed by atoms with Crippen molar-refractivity contribution in [2.24, 2.45) is 0 Å². The Hall–Kier alpha value is -0.430. The number of thioether (sulfide) groups is 1. The van der Waals surface area contributed by atoms with Crippen LogP contribution >= 0.6 is 23.4 Å². The number of sulfonamides is 1. The Kier molecular flexibility index (Phi) is 4.94. The molecule has 0 heterocycles. The summed E-state index contributed by atoms with van der Waals surface area (Å²) in [4.78, 5) is 0.0512. The van der Waals surface area contributed by atoms with Gasteiger partial charge in [0.15, 0.2) is 0 Å². The summed E-state index contributed by atoms with van der Waals surface area (Å²) in [5, 5.41) is 0.129. The predicted octanol–water partition coefficient (Wildman–Crippen LogP) is 2.34. The van der Waals surface area contributed by atoms with Crippen LogP contribution in [-0.2, 0) is 10.0 Å². The molecule has 0 saturated carbocycles. The number of halogens is 1. The van der Waals surface area contributed by atoms with Crippen molar-refractivity contribution < 1.29 is 8.42 Å². The quantitative estimate of drug-likeness (QED) is 0.819. The second-order valence-corrected chi connectivity index (χ2v) is 8.13. The number of nitrogens with one attached hydrogen (secondary N) is 1. The molecule has 0 fully saturated rings. The second-order valence-electron chi connectivity index (χ2n) is 4.48. The number of nitrogens with two attached hydrogens (primary N) is 1. The van der Waals surface area contributed by atoms with E-state index < -0.39 is 10.0 Å². The fraction of sp³-hybridized carbons (Fsp3) is 0.455. The van der Waals surface area contributed by atoms with Crippen LogP contribution in [-0.4, -0.2) is 26.0 Å². The number of rotatable bonds is 5. The number of benzene rings is 1. The van der Waals surface area contributed by atoms with Gasteiger partial charge < -0.3 is 5.73 Å². The van der Waals surface area contributed by atoms with Gasteiger partial charge in [-0.15, -0.1) is 0 Å². The SMILES string of the molecule is CSC(C)(C)CNS(=O)(=O)c1ccc(N)cc1Cl. The van der Waals surface area contributed by atoms with Gasteiger partial charge in [0, 0.05) is 17.0 Å². The van der Waals surface area contributed by atoms with Crippen molar-refractivity contribution in [3.8, 4) is 0 Å². The Morgan fingerprint density at radius 3 is 2.56 bits per heavy atom. The molecule has 0 aliphatic heterocycles. The molecule has 0 saturated heterocycles. The highest BCUT2D eigenvalue weighted by atomic mass is 35.5. The van der Waals surface area contributed by atoms with Crippen LogP contribution in [0.5, 0.6) is 0 Å². The van der Waals surface area contributed by atoms with E-state index in [0.717, 1.165) is 0 Å². The highest BCUT2D eigenvalue weighted by Gasteiger charge is 2.23. The van der Waals surface area contributed by atoms with Crippen LogP contribution in [0.3, 0.4) is 0 Å². The lowest BCUT2D eigenvalue weighted by Gasteiger charge is -2.22. The summed E-state index contributed by atoms with van der Waals surface area (Å²) in [5.74, 6) is 0. The average Bonchev–Trinajstić information content (AvgIpc) is 2.26. The topological polar surface area (TPSA) is 72.2 Å². The summed E-state index contributed by atoms with van der Waals surface area (Å²) in [7, 11) is -3.60. The van der Waals surface area contributed by atoms with Crippen molar-refractivity contribution in [1.29, 1.82) is 0 Å². The van der Waals surface area contributed by atoms with Gasteiger partial charge >= 0.3 is 0 Å². The Labute approximate surface area is 117 Å². The van der Waals surface area contributed by atoms with Gasteiger partial charge in [-0.3, -0.25) is 0 Å². The molecular formula is C11H17ClN2O2S2. The van der Waals surface area contributed by atoms with Crippen LogP contribution in [0.15, 0.2) is 23.1 Å². The maximum absolute atomic E-state index is 12.1. The van der Waals surface area contributed by atoms with Gasteiger partial charge in [-0.25, -0.2) is 13.1 Å². The Morgan fingerprint density at radius 1 is 1.44 bits per heavy atom. The van der Waals surface area contributed by atoms with Gasteiger partial charge in [-0.2, -0.15) is 11.8 Å². The van der Waals surface area contributed by atoms with Gasteiger partial charge in [-0.1, -0.05) is 11.6 Å². The number of hydrogen-bond acceptors (Lipinski definition) is 4. The van der Waals surface area contributed by atoms with Gasteiger partial charge in [0.2, 0.25) is 10.0 Å². The number of nitrogen functional groups attached to an aromatic ring is 1. The molecule has 0 atom stereocenters. The van der Waals surface area contributed by atoms with Crippen LogP contribution in [0, 0.1) is 0 Å².